The fourth-order valence-corrected chi connectivity index (χ4v) is 6.34. The lowest BCUT2D eigenvalue weighted by atomic mass is 10.00. The van der Waals surface area contributed by atoms with E-state index in [0.29, 0.717) is 52.1 Å². The molecule has 2 aromatic carbocycles. The molecule has 242 valence electrons. The summed E-state index contributed by atoms with van der Waals surface area (Å²) in [6, 6.07) is 15.6. The molecule has 0 radical (unpaired) electrons. The Labute approximate surface area is 285 Å². The van der Waals surface area contributed by atoms with Gasteiger partial charge in [-0.25, -0.2) is 14.8 Å². The highest BCUT2D eigenvalue weighted by molar-refractivity contribution is 7.98. The molecule has 2 aromatic heterocycles. The molecule has 6 N–H and O–H groups in total. The third-order valence-electron chi connectivity index (χ3n) is 6.82. The van der Waals surface area contributed by atoms with Crippen LogP contribution in [0, 0.1) is 17.9 Å². The number of thiazole rings is 1. The van der Waals surface area contributed by atoms with E-state index in [1.54, 1.807) is 24.3 Å². The van der Waals surface area contributed by atoms with Crippen LogP contribution in [0.15, 0.2) is 58.9 Å². The van der Waals surface area contributed by atoms with Gasteiger partial charge in [0.05, 0.1) is 17.8 Å². The van der Waals surface area contributed by atoms with E-state index < -0.39 is 12.0 Å². The van der Waals surface area contributed by atoms with E-state index in [0.717, 1.165) is 16.3 Å². The van der Waals surface area contributed by atoms with Gasteiger partial charge < -0.3 is 26.7 Å². The second kappa shape index (κ2) is 17.4. The number of ketones is 1. The first-order valence-corrected chi connectivity index (χ1v) is 16.8. The van der Waals surface area contributed by atoms with Gasteiger partial charge in [-0.1, -0.05) is 47.6 Å². The van der Waals surface area contributed by atoms with Gasteiger partial charge in [-0.05, 0) is 49.2 Å². The molecule has 0 spiro atoms. The van der Waals surface area contributed by atoms with Gasteiger partial charge >= 0.3 is 5.97 Å². The van der Waals surface area contributed by atoms with Gasteiger partial charge in [0.2, 0.25) is 5.69 Å². The molecule has 14 heteroatoms. The zero-order valence-corrected chi connectivity index (χ0v) is 27.7. The molecule has 0 unspecified atom stereocenters. The van der Waals surface area contributed by atoms with Crippen LogP contribution in [0.2, 0.25) is 5.02 Å². The number of hydrogen-bond donors (Lipinski definition) is 3. The van der Waals surface area contributed by atoms with Gasteiger partial charge in [0.25, 0.3) is 0 Å². The van der Waals surface area contributed by atoms with Crippen molar-refractivity contribution < 1.29 is 19.1 Å². The van der Waals surface area contributed by atoms with Crippen LogP contribution >= 0.6 is 34.7 Å². The van der Waals surface area contributed by atoms with Crippen LogP contribution < -0.4 is 21.9 Å². The van der Waals surface area contributed by atoms with E-state index >= 15 is 0 Å². The predicted molar refractivity (Wildman–Crippen MR) is 184 cm³/mol. The van der Waals surface area contributed by atoms with Gasteiger partial charge in [-0.2, -0.15) is 5.26 Å². The topological polar surface area (TPSA) is 185 Å². The first-order valence-electron chi connectivity index (χ1n) is 14.5. The Hall–Kier alpha value is -4.50. The summed E-state index contributed by atoms with van der Waals surface area (Å²) >= 11 is 8.82. The van der Waals surface area contributed by atoms with Crippen LogP contribution in [-0.2, 0) is 20.1 Å². The number of aromatic nitrogens is 2. The fourth-order valence-electron chi connectivity index (χ4n) is 4.40. The molecule has 0 fully saturated rings. The molecule has 0 saturated carbocycles. The van der Waals surface area contributed by atoms with Crippen molar-refractivity contribution in [2.75, 3.05) is 25.5 Å². The lowest BCUT2D eigenvalue weighted by Gasteiger charge is -2.14. The minimum Gasteiger partial charge on any atom is -0.490 e. The van der Waals surface area contributed by atoms with E-state index in [-0.39, 0.29) is 48.9 Å². The molecule has 0 aliphatic heterocycles. The number of rotatable bonds is 16. The normalized spacial score (nSPS) is 11.3. The number of esters is 1. The zero-order valence-electron chi connectivity index (χ0n) is 25.3. The number of pyridine rings is 1. The van der Waals surface area contributed by atoms with Crippen molar-refractivity contribution in [3.05, 3.63) is 81.6 Å². The highest BCUT2D eigenvalue weighted by atomic mass is 35.5. The summed E-state index contributed by atoms with van der Waals surface area (Å²) in [6.07, 6.45) is 1.38. The van der Waals surface area contributed by atoms with Crippen molar-refractivity contribution in [3.63, 3.8) is 0 Å². The lowest BCUT2D eigenvalue weighted by molar-refractivity contribution is -0.146. The summed E-state index contributed by atoms with van der Waals surface area (Å²) in [5.74, 6) is 0.361. The molecule has 4 rings (SSSR count). The molecule has 0 aliphatic carbocycles. The molecule has 0 amide bonds. The summed E-state index contributed by atoms with van der Waals surface area (Å²) in [7, 11) is 0. The summed E-state index contributed by atoms with van der Waals surface area (Å²) in [5.41, 5.74) is 20.5. The van der Waals surface area contributed by atoms with Crippen LogP contribution in [0.4, 0.5) is 11.5 Å². The summed E-state index contributed by atoms with van der Waals surface area (Å²) < 4.78 is 10.9. The molecule has 0 aliphatic rings. The predicted octanol–water partition coefficient (Wildman–Crippen LogP) is 6.16. The summed E-state index contributed by atoms with van der Waals surface area (Å²) in [4.78, 5) is 36.6. The number of anilines is 1. The third-order valence-corrected chi connectivity index (χ3v) is 9.03. The number of nitrogens with zero attached hydrogens (tertiary/aromatic N) is 4. The first-order chi connectivity index (χ1) is 22.7. The Morgan fingerprint density at radius 1 is 1.09 bits per heavy atom. The van der Waals surface area contributed by atoms with Crippen molar-refractivity contribution in [2.24, 2.45) is 11.5 Å². The van der Waals surface area contributed by atoms with E-state index in [1.807, 2.05) is 29.6 Å². The average Bonchev–Trinajstić information content (AvgIpc) is 3.56. The van der Waals surface area contributed by atoms with Gasteiger partial charge in [-0.3, -0.25) is 9.59 Å². The minimum absolute atomic E-state index is 0.0141. The second-order valence-corrected chi connectivity index (χ2v) is 12.4. The number of Topliss-reactive ketones (excluding diaryl/α,β-unsaturated/α-hetero) is 1. The number of ether oxygens (including phenoxy) is 2. The number of nitrogen functional groups attached to an aromatic ring is 1. The van der Waals surface area contributed by atoms with Crippen LogP contribution in [0.5, 0.6) is 5.75 Å². The fraction of sp³-hybridized carbons (Fsp3) is 0.273. The van der Waals surface area contributed by atoms with Gasteiger partial charge in [0.1, 0.15) is 52.7 Å². The Balaban J connectivity index is 1.38. The standard InChI is InChI=1S/C33H32ClN7O4S2/c1-39-29-28(20-6-11-25(12-7-20)44-15-16-45-33(43)27(37)13-10-24(42)3-2-14-35)26(17-36)32(41-30(29)38)47-19-23-18-46-31(40-23)21-4-8-22(34)9-5-21/h4-9,11-12,18,27H,2-3,10,13-16,19,35,37H2,(H2,38,41)/t27-/m0/s1. The molecule has 4 aromatic rings. The average molecular weight is 690 g/mol. The Morgan fingerprint density at radius 2 is 1.81 bits per heavy atom. The SMILES string of the molecule is [C-]#[N+]c1c(N)nc(SCc2csc(-c3ccc(Cl)cc3)n2)c(C#N)c1-c1ccc(OCCOC(=O)[C@@H](N)CCC(=O)CCCN)cc1. The van der Waals surface area contributed by atoms with Gasteiger partial charge in [0, 0.05) is 40.1 Å². The molecule has 2 heterocycles. The quantitative estimate of drug-likeness (QED) is 0.0530. The van der Waals surface area contributed by atoms with Crippen LogP contribution in [0.1, 0.15) is 36.9 Å². The third kappa shape index (κ3) is 9.75. The summed E-state index contributed by atoms with van der Waals surface area (Å²) in [5, 5.41) is 14.0. The maximum Gasteiger partial charge on any atom is 0.323 e. The smallest absolute Gasteiger partial charge is 0.323 e. The molecule has 0 saturated heterocycles. The molecular weight excluding hydrogens is 658 g/mol. The maximum absolute atomic E-state index is 12.1. The number of hydrogen-bond acceptors (Lipinski definition) is 12. The van der Waals surface area contributed by atoms with Crippen molar-refractivity contribution >= 4 is 58.0 Å². The number of nitriles is 1. The number of benzene rings is 2. The zero-order chi connectivity index (χ0) is 33.8. The minimum atomic E-state index is -0.897. The molecule has 1 atom stereocenters. The molecule has 47 heavy (non-hydrogen) atoms. The highest BCUT2D eigenvalue weighted by Gasteiger charge is 2.21. The van der Waals surface area contributed by atoms with Gasteiger partial charge in [0.15, 0.2) is 0 Å². The highest BCUT2D eigenvalue weighted by Crippen LogP contribution is 2.42. The van der Waals surface area contributed by atoms with E-state index in [4.69, 9.17) is 49.8 Å². The lowest BCUT2D eigenvalue weighted by Crippen LogP contribution is -2.33. The monoisotopic (exact) mass is 689 g/mol. The molecular formula is C33H32ClN7O4S2. The van der Waals surface area contributed by atoms with Crippen molar-refractivity contribution in [1.82, 2.24) is 9.97 Å². The number of carbonyl (C=O) groups is 2. The van der Waals surface area contributed by atoms with Crippen LogP contribution in [-0.4, -0.2) is 47.5 Å². The number of carbonyl (C=O) groups excluding carboxylic acids is 2. The Morgan fingerprint density at radius 3 is 2.49 bits per heavy atom. The van der Waals surface area contributed by atoms with Gasteiger partial charge in [-0.15, -0.1) is 11.3 Å². The van der Waals surface area contributed by atoms with Crippen LogP contribution in [0.3, 0.4) is 0 Å². The van der Waals surface area contributed by atoms with Crippen LogP contribution in [0.25, 0.3) is 26.5 Å². The Bertz CT molecular complexity index is 1780. The number of thioether (sulfide) groups is 1. The largest absolute Gasteiger partial charge is 0.490 e. The van der Waals surface area contributed by atoms with E-state index in [2.05, 4.69) is 15.9 Å². The number of halogens is 1. The first kappa shape index (κ1) is 35.4. The summed E-state index contributed by atoms with van der Waals surface area (Å²) in [6.45, 7) is 8.20. The van der Waals surface area contributed by atoms with E-state index in [1.165, 1.54) is 23.1 Å². The van der Waals surface area contributed by atoms with Crippen molar-refractivity contribution in [3.8, 4) is 33.5 Å². The second-order valence-electron chi connectivity index (χ2n) is 10.2. The molecule has 0 bridgehead atoms. The molecule has 11 nitrogen and oxygen atoms in total. The van der Waals surface area contributed by atoms with E-state index in [9.17, 15) is 14.9 Å². The van der Waals surface area contributed by atoms with Crippen molar-refractivity contribution in [1.29, 1.82) is 5.26 Å². The van der Waals surface area contributed by atoms with Crippen molar-refractivity contribution in [2.45, 2.75) is 42.5 Å². The maximum atomic E-state index is 12.1. The Kier molecular flexibility index (Phi) is 13.1. The number of nitrogens with two attached hydrogens (primary N) is 3.